The van der Waals surface area contributed by atoms with Crippen LogP contribution in [0.15, 0.2) is 18.2 Å². The van der Waals surface area contributed by atoms with Crippen molar-refractivity contribution in [3.8, 4) is 5.75 Å². The van der Waals surface area contributed by atoms with Crippen LogP contribution < -0.4 is 0 Å². The average molecular weight is 379 g/mol. The summed E-state index contributed by atoms with van der Waals surface area (Å²) in [5, 5.41) is 9.73. The van der Waals surface area contributed by atoms with E-state index in [2.05, 4.69) is 19.1 Å². The molecule has 2 aliphatic carbocycles. The Morgan fingerprint density at radius 1 is 0.963 bits per heavy atom. The maximum atomic E-state index is 9.73. The van der Waals surface area contributed by atoms with Crippen molar-refractivity contribution in [3.63, 3.8) is 0 Å². The molecule has 152 valence electrons. The Morgan fingerprint density at radius 3 is 2.44 bits per heavy atom. The van der Waals surface area contributed by atoms with Crippen molar-refractivity contribution in [2.45, 2.75) is 58.0 Å². The second kappa shape index (κ2) is 10.4. The van der Waals surface area contributed by atoms with Crippen molar-refractivity contribution in [1.29, 1.82) is 0 Å². The van der Waals surface area contributed by atoms with Crippen LogP contribution in [-0.4, -0.2) is 44.2 Å². The van der Waals surface area contributed by atoms with Gasteiger partial charge in [-0.3, -0.25) is 0 Å². The number of phenolic OH excluding ortho intramolecular Hbond substituents is 1. The number of aromatic hydroxyl groups is 1. The Hall–Kier alpha value is -1.14. The van der Waals surface area contributed by atoms with E-state index in [1.165, 1.54) is 12.0 Å². The summed E-state index contributed by atoms with van der Waals surface area (Å²) >= 11 is 0. The van der Waals surface area contributed by atoms with Crippen LogP contribution in [0, 0.1) is 18.8 Å². The number of unbranched alkanes of at least 4 members (excludes halogenated alkanes) is 1. The molecule has 27 heavy (non-hydrogen) atoms. The molecule has 0 aromatic heterocycles. The van der Waals surface area contributed by atoms with E-state index in [0.29, 0.717) is 49.9 Å². The Bertz CT molecular complexity index is 576. The summed E-state index contributed by atoms with van der Waals surface area (Å²) in [5.41, 5.74) is 2.31. The van der Waals surface area contributed by atoms with Gasteiger partial charge in [-0.25, -0.2) is 9.78 Å². The molecule has 2 fully saturated rings. The Kier molecular flexibility index (Phi) is 7.94. The number of hydrogen-bond acceptors (Lipinski definition) is 5. The highest BCUT2D eigenvalue weighted by molar-refractivity contribution is 5.37. The molecule has 4 atom stereocenters. The number of aryl methyl sites for hydroxylation is 1. The minimum atomic E-state index is 0.210. The fourth-order valence-corrected chi connectivity index (χ4v) is 4.46. The third-order valence-electron chi connectivity index (χ3n) is 5.96. The molecule has 0 radical (unpaired) electrons. The van der Waals surface area contributed by atoms with Crippen molar-refractivity contribution in [2.75, 3.05) is 33.0 Å². The average Bonchev–Trinajstić information content (AvgIpc) is 3.26. The van der Waals surface area contributed by atoms with E-state index < -0.39 is 0 Å². The fourth-order valence-electron chi connectivity index (χ4n) is 4.46. The lowest BCUT2D eigenvalue weighted by Crippen LogP contribution is -2.25. The molecule has 1 aromatic carbocycles. The van der Waals surface area contributed by atoms with Gasteiger partial charge in [0.2, 0.25) is 0 Å². The van der Waals surface area contributed by atoms with E-state index in [0.717, 1.165) is 37.9 Å². The van der Waals surface area contributed by atoms with Crippen LogP contribution >= 0.6 is 0 Å². The Labute approximate surface area is 162 Å². The summed E-state index contributed by atoms with van der Waals surface area (Å²) in [6, 6.07) is 6.03. The van der Waals surface area contributed by atoms with E-state index in [1.807, 2.05) is 13.0 Å². The largest absolute Gasteiger partial charge is 0.508 e. The van der Waals surface area contributed by atoms with Crippen LogP contribution in [0.5, 0.6) is 5.75 Å². The minimum Gasteiger partial charge on any atom is -0.508 e. The predicted octanol–water partition coefficient (Wildman–Crippen LogP) is 4.36. The lowest BCUT2D eigenvalue weighted by Gasteiger charge is -2.27. The number of rotatable bonds is 12. The molecule has 1 aromatic rings. The highest BCUT2D eigenvalue weighted by Crippen LogP contribution is 2.54. The molecule has 5 nitrogen and oxygen atoms in total. The molecule has 3 rings (SSSR count). The maximum Gasteiger partial charge on any atom is 0.118 e. The van der Waals surface area contributed by atoms with Gasteiger partial charge in [0.05, 0.1) is 25.9 Å². The topological polar surface area (TPSA) is 57.2 Å². The summed E-state index contributed by atoms with van der Waals surface area (Å²) in [6.45, 7) is 7.18. The van der Waals surface area contributed by atoms with E-state index in [9.17, 15) is 5.11 Å². The number of phenols is 1. The first-order chi connectivity index (χ1) is 13.2. The van der Waals surface area contributed by atoms with Crippen molar-refractivity contribution >= 4 is 0 Å². The van der Waals surface area contributed by atoms with Crippen molar-refractivity contribution in [3.05, 3.63) is 29.3 Å². The molecule has 2 aliphatic rings. The molecule has 0 amide bonds. The zero-order valence-corrected chi connectivity index (χ0v) is 16.7. The first kappa shape index (κ1) is 20.6. The van der Waals surface area contributed by atoms with Crippen molar-refractivity contribution in [1.82, 2.24) is 0 Å². The standard InChI is InChI=1S/C22H34O5/c1-3-4-7-24-8-9-25-10-11-26-27-22-15-18-13-19(22)14-20(18)17-5-6-21(23)16(2)12-17/h5-6,12,18-20,22-23H,3-4,7-11,13-15H2,1-2H3. The first-order valence-corrected chi connectivity index (χ1v) is 10.4. The van der Waals surface area contributed by atoms with Gasteiger partial charge in [0.1, 0.15) is 12.4 Å². The molecule has 2 bridgehead atoms. The van der Waals surface area contributed by atoms with Gasteiger partial charge in [-0.2, -0.15) is 0 Å². The SMILES string of the molecule is CCCCOCCOCCOOC1CC2CC1CC2c1ccc(O)c(C)c1. The monoisotopic (exact) mass is 378 g/mol. The van der Waals surface area contributed by atoms with Gasteiger partial charge in [0, 0.05) is 6.61 Å². The van der Waals surface area contributed by atoms with Gasteiger partial charge in [-0.1, -0.05) is 25.5 Å². The highest BCUT2D eigenvalue weighted by atomic mass is 17.2. The summed E-state index contributed by atoms with van der Waals surface area (Å²) < 4.78 is 10.9. The molecule has 4 unspecified atom stereocenters. The smallest absolute Gasteiger partial charge is 0.118 e. The molecular weight excluding hydrogens is 344 g/mol. The second-order valence-electron chi connectivity index (χ2n) is 7.91. The molecule has 2 saturated carbocycles. The van der Waals surface area contributed by atoms with Crippen LogP contribution in [0.25, 0.3) is 0 Å². The molecule has 0 heterocycles. The van der Waals surface area contributed by atoms with Crippen molar-refractivity contribution < 1.29 is 24.4 Å². The first-order valence-electron chi connectivity index (χ1n) is 10.4. The maximum absolute atomic E-state index is 9.73. The Balaban J connectivity index is 1.27. The van der Waals surface area contributed by atoms with Gasteiger partial charge in [-0.15, -0.1) is 0 Å². The van der Waals surface area contributed by atoms with E-state index in [-0.39, 0.29) is 6.10 Å². The zero-order valence-electron chi connectivity index (χ0n) is 16.7. The van der Waals surface area contributed by atoms with Crippen LogP contribution in [0.3, 0.4) is 0 Å². The van der Waals surface area contributed by atoms with Crippen LogP contribution in [0.4, 0.5) is 0 Å². The van der Waals surface area contributed by atoms with E-state index in [1.54, 1.807) is 0 Å². The quantitative estimate of drug-likeness (QED) is 0.333. The third-order valence-corrected chi connectivity index (χ3v) is 5.96. The summed E-state index contributed by atoms with van der Waals surface area (Å²) in [4.78, 5) is 11.1. The predicted molar refractivity (Wildman–Crippen MR) is 104 cm³/mol. The molecule has 0 saturated heterocycles. The summed E-state index contributed by atoms with van der Waals surface area (Å²) in [6.07, 6.45) is 5.89. The van der Waals surface area contributed by atoms with Gasteiger partial charge in [0.25, 0.3) is 0 Å². The minimum absolute atomic E-state index is 0.210. The van der Waals surface area contributed by atoms with Crippen LogP contribution in [0.1, 0.15) is 56.1 Å². The molecular formula is C22H34O5. The number of ether oxygens (including phenoxy) is 2. The molecule has 0 spiro atoms. The van der Waals surface area contributed by atoms with E-state index >= 15 is 0 Å². The lowest BCUT2D eigenvalue weighted by molar-refractivity contribution is -0.336. The normalized spacial score (nSPS) is 26.7. The molecule has 0 aliphatic heterocycles. The van der Waals surface area contributed by atoms with Gasteiger partial charge < -0.3 is 14.6 Å². The zero-order chi connectivity index (χ0) is 19.1. The number of fused-ring (bicyclic) bond motifs is 2. The van der Waals surface area contributed by atoms with Crippen molar-refractivity contribution in [2.24, 2.45) is 11.8 Å². The number of hydrogen-bond donors (Lipinski definition) is 1. The molecule has 1 N–H and O–H groups in total. The fraction of sp³-hybridized carbons (Fsp3) is 0.727. The lowest BCUT2D eigenvalue weighted by atomic mass is 9.82. The van der Waals surface area contributed by atoms with Gasteiger partial charge in [0.15, 0.2) is 0 Å². The van der Waals surface area contributed by atoms with Gasteiger partial charge in [-0.05, 0) is 67.6 Å². The van der Waals surface area contributed by atoms with Crippen LogP contribution in [0.2, 0.25) is 0 Å². The highest BCUT2D eigenvalue weighted by Gasteiger charge is 2.47. The van der Waals surface area contributed by atoms with E-state index in [4.69, 9.17) is 19.2 Å². The summed E-state index contributed by atoms with van der Waals surface area (Å²) in [7, 11) is 0. The van der Waals surface area contributed by atoms with Crippen LogP contribution in [-0.2, 0) is 19.2 Å². The second-order valence-corrected chi connectivity index (χ2v) is 7.91. The van der Waals surface area contributed by atoms with Gasteiger partial charge >= 0.3 is 0 Å². The summed E-state index contributed by atoms with van der Waals surface area (Å²) in [5.74, 6) is 2.20. The molecule has 5 heteroatoms. The Morgan fingerprint density at radius 2 is 1.74 bits per heavy atom. The third kappa shape index (κ3) is 5.67. The number of benzene rings is 1.